The molecule has 0 saturated carbocycles. The van der Waals surface area contributed by atoms with Gasteiger partial charge in [-0.3, -0.25) is 0 Å². The summed E-state index contributed by atoms with van der Waals surface area (Å²) in [5, 5.41) is 1.23. The van der Waals surface area contributed by atoms with Gasteiger partial charge in [0.05, 0.1) is 0 Å². The van der Waals surface area contributed by atoms with Gasteiger partial charge in [0.15, 0.2) is 0 Å². The Morgan fingerprint density at radius 3 is 2.73 bits per heavy atom. The van der Waals surface area contributed by atoms with Crippen molar-refractivity contribution in [2.45, 2.75) is 0 Å². The van der Waals surface area contributed by atoms with E-state index in [0.717, 1.165) is 28.0 Å². The van der Waals surface area contributed by atoms with Crippen LogP contribution in [0.3, 0.4) is 0 Å². The van der Waals surface area contributed by atoms with Crippen molar-refractivity contribution >= 4 is 37.1 Å². The molecule has 0 aliphatic carbocycles. The van der Waals surface area contributed by atoms with Crippen LogP contribution in [0, 0.1) is 0 Å². The van der Waals surface area contributed by atoms with Gasteiger partial charge in [0.25, 0.3) is 0 Å². The second-order valence-electron chi connectivity index (χ2n) is 2.43. The van der Waals surface area contributed by atoms with Crippen molar-refractivity contribution in [2.24, 2.45) is 0 Å². The van der Waals surface area contributed by atoms with Crippen molar-refractivity contribution < 1.29 is 0 Å². The minimum absolute atomic E-state index is 1.09. The summed E-state index contributed by atoms with van der Waals surface area (Å²) < 4.78 is 1.20. The molecule has 1 nitrogen and oxygen atoms in total. The first-order chi connectivity index (χ1) is 5.36. The van der Waals surface area contributed by atoms with Gasteiger partial charge in [-0.25, -0.2) is 0 Å². The third-order valence-electron chi connectivity index (χ3n) is 1.62. The van der Waals surface area contributed by atoms with E-state index in [2.05, 4.69) is 29.2 Å². The van der Waals surface area contributed by atoms with Crippen LogP contribution in [0.1, 0.15) is 0 Å². The molecule has 1 aromatic heterocycles. The number of fused-ring (bicyclic) bond motifs is 1. The van der Waals surface area contributed by atoms with E-state index in [4.69, 9.17) is 0 Å². The third kappa shape index (κ3) is 1.38. The van der Waals surface area contributed by atoms with E-state index in [-0.39, 0.29) is 0 Å². The molecule has 1 heterocycles. The monoisotopic (exact) mass is 249 g/mol. The molecule has 0 spiro atoms. The molecule has 2 aromatic rings. The maximum absolute atomic E-state index is 4.43. The van der Waals surface area contributed by atoms with Crippen LogP contribution in [0.15, 0.2) is 36.4 Å². The van der Waals surface area contributed by atoms with E-state index in [9.17, 15) is 0 Å². The number of pyridine rings is 1. The number of hydrogen-bond donors (Lipinski definition) is 0. The SMILES string of the molecule is [SnH][c]1ccc2ccccc2n1. The Morgan fingerprint density at radius 1 is 1.00 bits per heavy atom. The zero-order valence-electron chi connectivity index (χ0n) is 5.99. The molecule has 1 aromatic carbocycles. The molecule has 52 valence electrons. The molecule has 0 bridgehead atoms. The van der Waals surface area contributed by atoms with E-state index in [0.29, 0.717) is 0 Å². The zero-order chi connectivity index (χ0) is 7.68. The molecule has 2 heteroatoms. The van der Waals surface area contributed by atoms with Crippen molar-refractivity contribution in [1.82, 2.24) is 4.98 Å². The molecule has 0 N–H and O–H groups in total. The molecular weight excluding hydrogens is 241 g/mol. The van der Waals surface area contributed by atoms with Crippen LogP contribution in [0.2, 0.25) is 0 Å². The van der Waals surface area contributed by atoms with Crippen LogP contribution in [-0.2, 0) is 0 Å². The Morgan fingerprint density at radius 2 is 1.82 bits per heavy atom. The van der Waals surface area contributed by atoms with E-state index in [1.807, 2.05) is 12.1 Å². The Balaban J connectivity index is 2.83. The average molecular weight is 248 g/mol. The molecule has 11 heavy (non-hydrogen) atoms. The molecule has 0 amide bonds. The molecule has 2 radical (unpaired) electrons. The normalized spacial score (nSPS) is 10.3. The number of rotatable bonds is 0. The summed E-state index contributed by atoms with van der Waals surface area (Å²) in [7, 11) is 0. The fraction of sp³-hybridized carbons (Fsp3) is 0. The van der Waals surface area contributed by atoms with Crippen LogP contribution < -0.4 is 3.71 Å². The number of aromatic nitrogens is 1. The molecule has 0 aliphatic heterocycles. The van der Waals surface area contributed by atoms with Gasteiger partial charge in [-0.2, -0.15) is 0 Å². The first-order valence-corrected chi connectivity index (χ1v) is 5.12. The van der Waals surface area contributed by atoms with Crippen molar-refractivity contribution in [2.75, 3.05) is 0 Å². The van der Waals surface area contributed by atoms with Gasteiger partial charge in [-0.1, -0.05) is 0 Å². The molecule has 0 saturated heterocycles. The van der Waals surface area contributed by atoms with Crippen LogP contribution >= 0.6 is 0 Å². The predicted octanol–water partition coefficient (Wildman–Crippen LogP) is 0.761. The fourth-order valence-electron chi connectivity index (χ4n) is 1.08. The number of nitrogens with zero attached hydrogens (tertiary/aromatic N) is 1. The Bertz CT molecular complexity index is 384. The quantitative estimate of drug-likeness (QED) is 0.627. The summed E-state index contributed by atoms with van der Waals surface area (Å²) >= 11 is 1.09. The summed E-state index contributed by atoms with van der Waals surface area (Å²) in [6, 6.07) is 12.4. The van der Waals surface area contributed by atoms with Crippen LogP contribution in [0.25, 0.3) is 10.9 Å². The summed E-state index contributed by atoms with van der Waals surface area (Å²) in [6.07, 6.45) is 0. The summed E-state index contributed by atoms with van der Waals surface area (Å²) in [5.74, 6) is 0. The van der Waals surface area contributed by atoms with E-state index >= 15 is 0 Å². The van der Waals surface area contributed by atoms with Gasteiger partial charge in [0.1, 0.15) is 0 Å². The van der Waals surface area contributed by atoms with Gasteiger partial charge >= 0.3 is 78.5 Å². The Labute approximate surface area is 78.5 Å². The Hall–Kier alpha value is -0.571. The van der Waals surface area contributed by atoms with E-state index < -0.39 is 0 Å². The van der Waals surface area contributed by atoms with Gasteiger partial charge in [-0.15, -0.1) is 0 Å². The zero-order valence-corrected chi connectivity index (χ0v) is 9.28. The van der Waals surface area contributed by atoms with Crippen molar-refractivity contribution in [1.29, 1.82) is 0 Å². The average Bonchev–Trinajstić information content (AvgIpc) is 2.04. The summed E-state index contributed by atoms with van der Waals surface area (Å²) in [5.41, 5.74) is 1.11. The van der Waals surface area contributed by atoms with Crippen LogP contribution in [0.4, 0.5) is 0 Å². The van der Waals surface area contributed by atoms with Gasteiger partial charge in [0, 0.05) is 0 Å². The van der Waals surface area contributed by atoms with Crippen molar-refractivity contribution in [3.8, 4) is 0 Å². The van der Waals surface area contributed by atoms with E-state index in [1.54, 1.807) is 0 Å². The molecular formula is C9H7NSn. The Kier molecular flexibility index (Phi) is 1.82. The maximum atomic E-state index is 4.43. The molecule has 0 unspecified atom stereocenters. The third-order valence-corrected chi connectivity index (χ3v) is 2.54. The van der Waals surface area contributed by atoms with Crippen molar-refractivity contribution in [3.63, 3.8) is 0 Å². The first kappa shape index (κ1) is 7.10. The summed E-state index contributed by atoms with van der Waals surface area (Å²) in [6.45, 7) is 0. The molecule has 2 rings (SSSR count). The second-order valence-corrected chi connectivity index (χ2v) is 4.12. The summed E-state index contributed by atoms with van der Waals surface area (Å²) in [4.78, 5) is 4.43. The van der Waals surface area contributed by atoms with Gasteiger partial charge in [-0.05, 0) is 0 Å². The minimum atomic E-state index is 1.09. The van der Waals surface area contributed by atoms with Crippen molar-refractivity contribution in [3.05, 3.63) is 36.4 Å². The standard InChI is InChI=1S/C9H6N.Sn.H/c1-2-6-9-8(4-1)5-3-7-10-9;;/h1-6H;;. The fourth-order valence-corrected chi connectivity index (χ4v) is 1.75. The molecule has 0 atom stereocenters. The number of hydrogen-bond acceptors (Lipinski definition) is 1. The second kappa shape index (κ2) is 2.81. The molecule has 0 aliphatic rings. The van der Waals surface area contributed by atoms with Gasteiger partial charge in [0.2, 0.25) is 0 Å². The van der Waals surface area contributed by atoms with Gasteiger partial charge < -0.3 is 0 Å². The topological polar surface area (TPSA) is 12.9 Å². The number of para-hydroxylation sites is 1. The van der Waals surface area contributed by atoms with Crippen LogP contribution in [0.5, 0.6) is 0 Å². The number of benzene rings is 1. The van der Waals surface area contributed by atoms with E-state index in [1.165, 1.54) is 9.10 Å². The van der Waals surface area contributed by atoms with Crippen LogP contribution in [-0.4, -0.2) is 27.5 Å². The molecule has 0 fully saturated rings. The first-order valence-electron chi connectivity index (χ1n) is 3.47. The predicted molar refractivity (Wildman–Crippen MR) is 48.5 cm³/mol.